The van der Waals surface area contributed by atoms with Gasteiger partial charge in [0.2, 0.25) is 10.0 Å². The van der Waals surface area contributed by atoms with Crippen LogP contribution in [-0.4, -0.2) is 19.2 Å². The first-order valence-electron chi connectivity index (χ1n) is 3.59. The Labute approximate surface area is 78.0 Å². The molecule has 0 aromatic heterocycles. The fraction of sp³-hybridized carbons (Fsp3) is 0.714. The van der Waals surface area contributed by atoms with Crippen molar-refractivity contribution < 1.29 is 8.42 Å². The van der Waals surface area contributed by atoms with Gasteiger partial charge in [-0.15, -0.1) is 0 Å². The fourth-order valence-corrected chi connectivity index (χ4v) is 1.61. The minimum atomic E-state index is -3.71. The molecule has 0 fully saturated rings. The summed E-state index contributed by atoms with van der Waals surface area (Å²) in [6, 6.07) is 3.37. The quantitative estimate of drug-likeness (QED) is 0.701. The van der Waals surface area contributed by atoms with Crippen molar-refractivity contribution in [1.29, 1.82) is 10.5 Å². The maximum Gasteiger partial charge on any atom is 0.229 e. The Bertz CT molecular complexity index is 358. The van der Waals surface area contributed by atoms with Gasteiger partial charge in [0.25, 0.3) is 0 Å². The van der Waals surface area contributed by atoms with Gasteiger partial charge in [0.15, 0.2) is 5.25 Å². The Hall–Kier alpha value is -1.11. The second-order valence-corrected chi connectivity index (χ2v) is 5.16. The molecule has 1 atom stereocenters. The summed E-state index contributed by atoms with van der Waals surface area (Å²) < 4.78 is 24.6. The summed E-state index contributed by atoms with van der Waals surface area (Å²) in [6.07, 6.45) is 0. The average molecular weight is 201 g/mol. The van der Waals surface area contributed by atoms with Crippen LogP contribution in [0.5, 0.6) is 0 Å². The monoisotopic (exact) mass is 201 g/mol. The lowest BCUT2D eigenvalue weighted by molar-refractivity contribution is 0.532. The van der Waals surface area contributed by atoms with Gasteiger partial charge < -0.3 is 0 Å². The second-order valence-electron chi connectivity index (χ2n) is 3.16. The lowest BCUT2D eigenvalue weighted by Crippen LogP contribution is -2.45. The van der Waals surface area contributed by atoms with Gasteiger partial charge in [0.1, 0.15) is 5.54 Å². The molecule has 0 heterocycles. The van der Waals surface area contributed by atoms with Crippen molar-refractivity contribution in [3.05, 3.63) is 0 Å². The van der Waals surface area contributed by atoms with E-state index < -0.39 is 20.8 Å². The molecule has 1 unspecified atom stereocenters. The molecule has 5 nitrogen and oxygen atoms in total. The number of hydrogen-bond donors (Lipinski definition) is 1. The summed E-state index contributed by atoms with van der Waals surface area (Å²) in [5.74, 6) is 0. The number of nitrogens with one attached hydrogen (secondary N) is 1. The van der Waals surface area contributed by atoms with Crippen LogP contribution in [0.15, 0.2) is 0 Å². The van der Waals surface area contributed by atoms with Gasteiger partial charge >= 0.3 is 0 Å². The summed E-state index contributed by atoms with van der Waals surface area (Å²) in [6.45, 7) is 4.11. The molecular weight excluding hydrogens is 190 g/mol. The molecule has 0 aromatic carbocycles. The average Bonchev–Trinajstić information content (AvgIpc) is 2.01. The van der Waals surface area contributed by atoms with Gasteiger partial charge in [-0.1, -0.05) is 0 Å². The van der Waals surface area contributed by atoms with Crippen LogP contribution in [0.3, 0.4) is 0 Å². The molecule has 0 aliphatic rings. The third-order valence-corrected chi connectivity index (χ3v) is 3.16. The molecule has 72 valence electrons. The van der Waals surface area contributed by atoms with E-state index in [2.05, 4.69) is 4.72 Å². The highest BCUT2D eigenvalue weighted by molar-refractivity contribution is 7.90. The molecule has 0 saturated heterocycles. The largest absolute Gasteiger partial charge is 0.229 e. The van der Waals surface area contributed by atoms with E-state index in [0.29, 0.717) is 0 Å². The van der Waals surface area contributed by atoms with Gasteiger partial charge in [-0.05, 0) is 20.8 Å². The number of hydrogen-bond acceptors (Lipinski definition) is 4. The molecule has 0 spiro atoms. The summed E-state index contributed by atoms with van der Waals surface area (Å²) in [5.41, 5.74) is -1.18. The highest BCUT2D eigenvalue weighted by atomic mass is 32.2. The molecule has 0 aromatic rings. The molecule has 0 aliphatic carbocycles. The van der Waals surface area contributed by atoms with Gasteiger partial charge in [0.05, 0.1) is 12.1 Å². The standard InChI is InChI=1S/C7H11N3O2S/c1-6(4-8)13(11,12)10-7(2,3)5-9/h6,10H,1-3H3. The van der Waals surface area contributed by atoms with E-state index in [1.165, 1.54) is 20.8 Å². The lowest BCUT2D eigenvalue weighted by atomic mass is 10.1. The van der Waals surface area contributed by atoms with E-state index in [9.17, 15) is 8.42 Å². The Balaban J connectivity index is 4.78. The van der Waals surface area contributed by atoms with E-state index in [-0.39, 0.29) is 0 Å². The number of nitrogens with zero attached hydrogens (tertiary/aromatic N) is 2. The van der Waals surface area contributed by atoms with Crippen LogP contribution in [0.1, 0.15) is 20.8 Å². The highest BCUT2D eigenvalue weighted by Gasteiger charge is 2.28. The van der Waals surface area contributed by atoms with Gasteiger partial charge in [-0.2, -0.15) is 15.2 Å². The Morgan fingerprint density at radius 3 is 2.15 bits per heavy atom. The van der Waals surface area contributed by atoms with E-state index in [4.69, 9.17) is 10.5 Å². The highest BCUT2D eigenvalue weighted by Crippen LogP contribution is 2.05. The van der Waals surface area contributed by atoms with Crippen molar-refractivity contribution in [3.8, 4) is 12.1 Å². The molecule has 0 amide bonds. The van der Waals surface area contributed by atoms with E-state index >= 15 is 0 Å². The van der Waals surface area contributed by atoms with Crippen molar-refractivity contribution >= 4 is 10.0 Å². The van der Waals surface area contributed by atoms with Crippen molar-refractivity contribution in [3.63, 3.8) is 0 Å². The minimum absolute atomic E-state index is 1.15. The van der Waals surface area contributed by atoms with Crippen LogP contribution in [0, 0.1) is 22.7 Å². The fourth-order valence-electron chi connectivity index (χ4n) is 0.536. The predicted octanol–water partition coefficient (Wildman–Crippen LogP) is 0.120. The number of rotatable bonds is 3. The first-order chi connectivity index (χ1) is 5.75. The zero-order valence-electron chi connectivity index (χ0n) is 7.70. The van der Waals surface area contributed by atoms with Gasteiger partial charge in [-0.3, -0.25) is 0 Å². The normalized spacial score (nSPS) is 14.2. The Morgan fingerprint density at radius 1 is 1.38 bits per heavy atom. The van der Waals surface area contributed by atoms with Crippen LogP contribution in [0.25, 0.3) is 0 Å². The molecule has 0 rings (SSSR count). The second kappa shape index (κ2) is 3.73. The molecule has 0 bridgehead atoms. The topological polar surface area (TPSA) is 93.8 Å². The smallest absolute Gasteiger partial charge is 0.211 e. The molecule has 1 N–H and O–H groups in total. The van der Waals surface area contributed by atoms with E-state index in [1.807, 2.05) is 0 Å². The SMILES string of the molecule is CC(C#N)S(=O)(=O)NC(C)(C)C#N. The van der Waals surface area contributed by atoms with E-state index in [0.717, 1.165) is 0 Å². The Morgan fingerprint density at radius 2 is 1.85 bits per heavy atom. The van der Waals surface area contributed by atoms with Crippen LogP contribution in [0.4, 0.5) is 0 Å². The van der Waals surface area contributed by atoms with Crippen molar-refractivity contribution in [2.24, 2.45) is 0 Å². The van der Waals surface area contributed by atoms with Crippen LogP contribution in [0.2, 0.25) is 0 Å². The van der Waals surface area contributed by atoms with Gasteiger partial charge in [-0.25, -0.2) is 8.42 Å². The van der Waals surface area contributed by atoms with E-state index in [1.54, 1.807) is 12.1 Å². The molecular formula is C7H11N3O2S. The molecule has 6 heteroatoms. The van der Waals surface area contributed by atoms with Crippen LogP contribution in [-0.2, 0) is 10.0 Å². The van der Waals surface area contributed by atoms with Crippen LogP contribution < -0.4 is 4.72 Å². The molecule has 0 radical (unpaired) electrons. The van der Waals surface area contributed by atoms with Crippen LogP contribution >= 0.6 is 0 Å². The first-order valence-corrected chi connectivity index (χ1v) is 5.13. The summed E-state index contributed by atoms with van der Waals surface area (Å²) in [5, 5.41) is 15.8. The summed E-state index contributed by atoms with van der Waals surface area (Å²) in [4.78, 5) is 0. The summed E-state index contributed by atoms with van der Waals surface area (Å²) in [7, 11) is -3.71. The minimum Gasteiger partial charge on any atom is -0.211 e. The zero-order valence-corrected chi connectivity index (χ0v) is 8.51. The Kier molecular flexibility index (Phi) is 3.42. The third kappa shape index (κ3) is 3.41. The molecule has 0 saturated carbocycles. The molecule has 0 aliphatic heterocycles. The number of sulfonamides is 1. The van der Waals surface area contributed by atoms with Crippen molar-refractivity contribution in [2.75, 3.05) is 0 Å². The summed E-state index contributed by atoms with van der Waals surface area (Å²) >= 11 is 0. The zero-order chi connectivity index (χ0) is 10.7. The maximum absolute atomic E-state index is 11.3. The maximum atomic E-state index is 11.3. The van der Waals surface area contributed by atoms with Crippen molar-refractivity contribution in [1.82, 2.24) is 4.72 Å². The molecule has 13 heavy (non-hydrogen) atoms. The first kappa shape index (κ1) is 11.9. The van der Waals surface area contributed by atoms with Gasteiger partial charge in [0, 0.05) is 0 Å². The predicted molar refractivity (Wildman–Crippen MR) is 46.8 cm³/mol. The number of nitriles is 2. The van der Waals surface area contributed by atoms with Crippen molar-refractivity contribution in [2.45, 2.75) is 31.6 Å². The lowest BCUT2D eigenvalue weighted by Gasteiger charge is -2.18. The third-order valence-electron chi connectivity index (χ3n) is 1.32.